The molecule has 0 aromatic heterocycles. The third-order valence-corrected chi connectivity index (χ3v) is 6.33. The summed E-state index contributed by atoms with van der Waals surface area (Å²) in [4.78, 5) is 5.52. The Bertz CT molecular complexity index is 314. The summed E-state index contributed by atoms with van der Waals surface area (Å²) < 4.78 is 0. The first kappa shape index (κ1) is 15.8. The lowest BCUT2D eigenvalue weighted by molar-refractivity contribution is 0.111. The van der Waals surface area contributed by atoms with Crippen molar-refractivity contribution >= 4 is 0 Å². The minimum Gasteiger partial charge on any atom is -0.329 e. The molecule has 2 N–H and O–H groups in total. The highest BCUT2D eigenvalue weighted by Gasteiger charge is 2.36. The van der Waals surface area contributed by atoms with Gasteiger partial charge in [0, 0.05) is 31.7 Å². The van der Waals surface area contributed by atoms with E-state index in [1.165, 1.54) is 77.5 Å². The minimum absolute atomic E-state index is 0.655. The van der Waals surface area contributed by atoms with E-state index in [4.69, 9.17) is 5.73 Å². The minimum atomic E-state index is 0.655. The van der Waals surface area contributed by atoms with Crippen LogP contribution in [0.15, 0.2) is 0 Å². The van der Waals surface area contributed by atoms with Gasteiger partial charge in [0.1, 0.15) is 0 Å². The summed E-state index contributed by atoms with van der Waals surface area (Å²) in [5.74, 6) is 1.78. The highest BCUT2D eigenvalue weighted by atomic mass is 15.3. The van der Waals surface area contributed by atoms with Crippen LogP contribution in [0.5, 0.6) is 0 Å². The van der Waals surface area contributed by atoms with E-state index in [1.54, 1.807) is 0 Å². The van der Waals surface area contributed by atoms with Crippen LogP contribution in [0.2, 0.25) is 0 Å². The molecule has 122 valence electrons. The maximum absolute atomic E-state index is 6.20. The van der Waals surface area contributed by atoms with E-state index in [-0.39, 0.29) is 0 Å². The molecular weight excluding hydrogens is 258 g/mol. The summed E-state index contributed by atoms with van der Waals surface area (Å²) >= 11 is 0. The van der Waals surface area contributed by atoms with Gasteiger partial charge in [-0.05, 0) is 57.0 Å². The van der Waals surface area contributed by atoms with Crippen LogP contribution in [-0.4, -0.2) is 54.6 Å². The molecule has 0 bridgehead atoms. The molecule has 0 amide bonds. The Morgan fingerprint density at radius 1 is 1.00 bits per heavy atom. The van der Waals surface area contributed by atoms with Gasteiger partial charge in [-0.2, -0.15) is 0 Å². The SMILES string of the molecule is CC1CCCC(C(CN)N2CCC(N3CCCCC3)C2)C1. The molecule has 0 radical (unpaired) electrons. The highest BCUT2D eigenvalue weighted by Crippen LogP contribution is 2.34. The van der Waals surface area contributed by atoms with E-state index >= 15 is 0 Å². The Kier molecular flexibility index (Phi) is 5.58. The van der Waals surface area contributed by atoms with Gasteiger partial charge in [0.15, 0.2) is 0 Å². The first-order valence-electron chi connectivity index (χ1n) is 9.46. The Morgan fingerprint density at radius 3 is 2.52 bits per heavy atom. The van der Waals surface area contributed by atoms with E-state index in [2.05, 4.69) is 16.7 Å². The zero-order valence-electron chi connectivity index (χ0n) is 14.0. The maximum Gasteiger partial charge on any atom is 0.0247 e. The largest absolute Gasteiger partial charge is 0.329 e. The Labute approximate surface area is 131 Å². The lowest BCUT2D eigenvalue weighted by atomic mass is 9.78. The highest BCUT2D eigenvalue weighted by molar-refractivity contribution is 4.92. The third-order valence-electron chi connectivity index (χ3n) is 6.33. The first-order chi connectivity index (χ1) is 10.3. The van der Waals surface area contributed by atoms with Crippen molar-refractivity contribution in [1.82, 2.24) is 9.80 Å². The topological polar surface area (TPSA) is 32.5 Å². The van der Waals surface area contributed by atoms with Gasteiger partial charge in [0.2, 0.25) is 0 Å². The fourth-order valence-corrected chi connectivity index (χ4v) is 5.12. The maximum atomic E-state index is 6.20. The van der Waals surface area contributed by atoms with Crippen LogP contribution < -0.4 is 5.73 Å². The van der Waals surface area contributed by atoms with Gasteiger partial charge in [-0.1, -0.05) is 26.2 Å². The van der Waals surface area contributed by atoms with E-state index in [1.807, 2.05) is 0 Å². The van der Waals surface area contributed by atoms with Crippen molar-refractivity contribution in [3.63, 3.8) is 0 Å². The molecule has 0 spiro atoms. The number of hydrogen-bond donors (Lipinski definition) is 1. The second-order valence-corrected chi connectivity index (χ2v) is 7.87. The van der Waals surface area contributed by atoms with Gasteiger partial charge in [0.25, 0.3) is 0 Å². The molecule has 0 aromatic rings. The van der Waals surface area contributed by atoms with Gasteiger partial charge in [0.05, 0.1) is 0 Å². The van der Waals surface area contributed by atoms with Crippen LogP contribution in [0.3, 0.4) is 0 Å². The zero-order valence-corrected chi connectivity index (χ0v) is 14.0. The summed E-state index contributed by atoms with van der Waals surface area (Å²) in [5, 5.41) is 0. The average molecular weight is 293 g/mol. The fraction of sp³-hybridized carbons (Fsp3) is 1.00. The standard InChI is InChI=1S/C18H35N3/c1-15-6-5-7-16(12-15)18(13-19)21-11-8-17(14-21)20-9-3-2-4-10-20/h15-18H,2-14,19H2,1H3. The summed E-state index contributed by atoms with van der Waals surface area (Å²) in [6.07, 6.45) is 11.3. The van der Waals surface area contributed by atoms with Gasteiger partial charge >= 0.3 is 0 Å². The summed E-state index contributed by atoms with van der Waals surface area (Å²) in [6.45, 7) is 8.55. The molecule has 1 aliphatic carbocycles. The quantitative estimate of drug-likeness (QED) is 0.865. The molecule has 0 aromatic carbocycles. The molecule has 3 aliphatic rings. The van der Waals surface area contributed by atoms with Crippen molar-refractivity contribution in [2.75, 3.05) is 32.7 Å². The van der Waals surface area contributed by atoms with Crippen LogP contribution >= 0.6 is 0 Å². The molecule has 2 heterocycles. The van der Waals surface area contributed by atoms with Crippen molar-refractivity contribution in [3.05, 3.63) is 0 Å². The molecule has 1 saturated carbocycles. The Balaban J connectivity index is 1.55. The molecule has 4 atom stereocenters. The monoisotopic (exact) mass is 293 g/mol. The zero-order chi connectivity index (χ0) is 14.7. The van der Waals surface area contributed by atoms with Crippen molar-refractivity contribution in [2.45, 2.75) is 70.4 Å². The smallest absolute Gasteiger partial charge is 0.0247 e. The van der Waals surface area contributed by atoms with Gasteiger partial charge < -0.3 is 5.73 Å². The normalized spacial score (nSPS) is 37.7. The summed E-state index contributed by atoms with van der Waals surface area (Å²) in [7, 11) is 0. The van der Waals surface area contributed by atoms with E-state index in [9.17, 15) is 0 Å². The number of likely N-dealkylation sites (tertiary alicyclic amines) is 2. The number of piperidine rings is 1. The second kappa shape index (κ2) is 7.43. The van der Waals surface area contributed by atoms with Crippen molar-refractivity contribution < 1.29 is 0 Å². The molecule has 2 saturated heterocycles. The molecular formula is C18H35N3. The number of hydrogen-bond acceptors (Lipinski definition) is 3. The van der Waals surface area contributed by atoms with Gasteiger partial charge in [-0.15, -0.1) is 0 Å². The summed E-state index contributed by atoms with van der Waals surface area (Å²) in [5.41, 5.74) is 6.20. The lowest BCUT2D eigenvalue weighted by Crippen LogP contribution is -2.48. The predicted octanol–water partition coefficient (Wildman–Crippen LogP) is 2.70. The van der Waals surface area contributed by atoms with Crippen LogP contribution in [0.1, 0.15) is 58.3 Å². The summed E-state index contributed by atoms with van der Waals surface area (Å²) in [6, 6.07) is 1.47. The predicted molar refractivity (Wildman–Crippen MR) is 89.4 cm³/mol. The van der Waals surface area contributed by atoms with E-state index in [0.717, 1.165) is 24.4 Å². The number of nitrogens with zero attached hydrogens (tertiary/aromatic N) is 2. The Morgan fingerprint density at radius 2 is 1.81 bits per heavy atom. The lowest BCUT2D eigenvalue weighted by Gasteiger charge is -2.39. The van der Waals surface area contributed by atoms with Crippen molar-refractivity contribution in [3.8, 4) is 0 Å². The number of rotatable bonds is 4. The molecule has 3 fully saturated rings. The van der Waals surface area contributed by atoms with E-state index < -0.39 is 0 Å². The van der Waals surface area contributed by atoms with E-state index in [0.29, 0.717) is 6.04 Å². The van der Waals surface area contributed by atoms with Gasteiger partial charge in [-0.25, -0.2) is 0 Å². The van der Waals surface area contributed by atoms with Crippen molar-refractivity contribution in [2.24, 2.45) is 17.6 Å². The third kappa shape index (κ3) is 3.80. The molecule has 3 rings (SSSR count). The Hall–Kier alpha value is -0.120. The molecule has 2 aliphatic heterocycles. The van der Waals surface area contributed by atoms with Gasteiger partial charge in [-0.3, -0.25) is 9.80 Å². The van der Waals surface area contributed by atoms with Crippen LogP contribution in [-0.2, 0) is 0 Å². The molecule has 4 unspecified atom stereocenters. The average Bonchev–Trinajstić information content (AvgIpc) is 2.99. The number of nitrogens with two attached hydrogens (primary N) is 1. The van der Waals surface area contributed by atoms with Crippen LogP contribution in [0.4, 0.5) is 0 Å². The fourth-order valence-electron chi connectivity index (χ4n) is 5.12. The molecule has 21 heavy (non-hydrogen) atoms. The first-order valence-corrected chi connectivity index (χ1v) is 9.46. The second-order valence-electron chi connectivity index (χ2n) is 7.87. The molecule has 3 nitrogen and oxygen atoms in total. The molecule has 3 heteroatoms. The van der Waals surface area contributed by atoms with Crippen LogP contribution in [0, 0.1) is 11.8 Å². The van der Waals surface area contributed by atoms with Crippen LogP contribution in [0.25, 0.3) is 0 Å². The van der Waals surface area contributed by atoms with Crippen molar-refractivity contribution in [1.29, 1.82) is 0 Å².